The van der Waals surface area contributed by atoms with E-state index in [4.69, 9.17) is 0 Å². The molecule has 17 heavy (non-hydrogen) atoms. The van der Waals surface area contributed by atoms with Gasteiger partial charge in [-0.2, -0.15) is 0 Å². The number of hydrogen-bond donors (Lipinski definition) is 1. The third kappa shape index (κ3) is 1.97. The van der Waals surface area contributed by atoms with Crippen LogP contribution in [0.2, 0.25) is 0 Å². The number of benzene rings is 1. The zero-order chi connectivity index (χ0) is 11.8. The molecule has 2 aliphatic rings. The second kappa shape index (κ2) is 3.99. The molecule has 1 aromatic rings. The van der Waals surface area contributed by atoms with E-state index in [-0.39, 0.29) is 11.7 Å². The zero-order valence-corrected chi connectivity index (χ0v) is 9.50. The molecule has 2 nitrogen and oxygen atoms in total. The maximum atomic E-state index is 13.1. The molecule has 0 saturated heterocycles. The van der Waals surface area contributed by atoms with Gasteiger partial charge in [-0.15, -0.1) is 0 Å². The van der Waals surface area contributed by atoms with Crippen LogP contribution in [0.25, 0.3) is 0 Å². The van der Waals surface area contributed by atoms with Gasteiger partial charge in [-0.05, 0) is 54.0 Å². The average molecular weight is 231 g/mol. The van der Waals surface area contributed by atoms with Crippen LogP contribution >= 0.6 is 0 Å². The van der Waals surface area contributed by atoms with Crippen molar-refractivity contribution in [2.24, 2.45) is 0 Å². The minimum absolute atomic E-state index is 0.0809. The van der Waals surface area contributed by atoms with Crippen molar-refractivity contribution in [3.05, 3.63) is 46.9 Å². The first-order valence-corrected chi connectivity index (χ1v) is 5.98. The van der Waals surface area contributed by atoms with Gasteiger partial charge in [-0.25, -0.2) is 4.39 Å². The van der Waals surface area contributed by atoms with Crippen LogP contribution in [0, 0.1) is 5.82 Å². The predicted molar refractivity (Wildman–Crippen MR) is 62.9 cm³/mol. The van der Waals surface area contributed by atoms with E-state index in [9.17, 15) is 9.18 Å². The summed E-state index contributed by atoms with van der Waals surface area (Å²) in [6.45, 7) is 0. The van der Waals surface area contributed by atoms with Crippen molar-refractivity contribution in [1.29, 1.82) is 0 Å². The van der Waals surface area contributed by atoms with E-state index < -0.39 is 0 Å². The zero-order valence-electron chi connectivity index (χ0n) is 9.50. The highest BCUT2D eigenvalue weighted by molar-refractivity contribution is 5.82. The summed E-state index contributed by atoms with van der Waals surface area (Å²) in [4.78, 5) is 11.1. The van der Waals surface area contributed by atoms with Crippen LogP contribution in [0.5, 0.6) is 0 Å². The van der Waals surface area contributed by atoms with Gasteiger partial charge in [-0.3, -0.25) is 4.79 Å². The summed E-state index contributed by atoms with van der Waals surface area (Å²) >= 11 is 0. The van der Waals surface area contributed by atoms with Gasteiger partial charge in [-0.1, -0.05) is 6.07 Å². The Morgan fingerprint density at radius 1 is 1.41 bits per heavy atom. The van der Waals surface area contributed by atoms with Crippen molar-refractivity contribution in [3.63, 3.8) is 0 Å². The van der Waals surface area contributed by atoms with Gasteiger partial charge in [0.05, 0.1) is 0 Å². The monoisotopic (exact) mass is 231 g/mol. The van der Waals surface area contributed by atoms with Crippen molar-refractivity contribution >= 4 is 5.91 Å². The Hall–Kier alpha value is -1.64. The lowest BCUT2D eigenvalue weighted by molar-refractivity contribution is -0.118. The van der Waals surface area contributed by atoms with Crippen LogP contribution < -0.4 is 5.32 Å². The smallest absolute Gasteiger partial charge is 0.228 e. The Morgan fingerprint density at radius 3 is 3.06 bits per heavy atom. The number of carbonyl (C=O) groups excluding carboxylic acids is 1. The molecule has 0 spiro atoms. The third-order valence-electron chi connectivity index (χ3n) is 3.64. The molecule has 1 aromatic carbocycles. The van der Waals surface area contributed by atoms with E-state index in [1.165, 1.54) is 11.6 Å². The number of rotatable bonds is 2. The average Bonchev–Trinajstić information content (AvgIpc) is 2.86. The SMILES string of the molecule is O=C1CC(CC2CCc3cc(F)ccc32)=CN1. The number of carbonyl (C=O) groups is 1. The molecule has 0 radical (unpaired) electrons. The molecule has 88 valence electrons. The molecule has 0 bridgehead atoms. The van der Waals surface area contributed by atoms with Crippen LogP contribution in [-0.4, -0.2) is 5.91 Å². The van der Waals surface area contributed by atoms with E-state index in [1.807, 2.05) is 12.3 Å². The molecule has 0 aromatic heterocycles. The molecule has 1 aliphatic carbocycles. The quantitative estimate of drug-likeness (QED) is 0.833. The standard InChI is InChI=1S/C14H14FNO/c15-12-3-4-13-10(1-2-11(13)7-12)5-9-6-14(17)16-8-9/h3-4,7-8,10H,1-2,5-6H2,(H,16,17). The summed E-state index contributed by atoms with van der Waals surface area (Å²) in [5.41, 5.74) is 3.55. The Labute approximate surface area is 99.5 Å². The Bertz CT molecular complexity index is 507. The van der Waals surface area contributed by atoms with Crippen LogP contribution in [-0.2, 0) is 11.2 Å². The molecule has 1 atom stereocenters. The fourth-order valence-corrected chi connectivity index (χ4v) is 2.82. The van der Waals surface area contributed by atoms with Gasteiger partial charge in [0, 0.05) is 12.6 Å². The molecular weight excluding hydrogens is 217 g/mol. The van der Waals surface area contributed by atoms with E-state index in [2.05, 4.69) is 5.32 Å². The van der Waals surface area contributed by atoms with Crippen molar-refractivity contribution < 1.29 is 9.18 Å². The molecule has 1 unspecified atom stereocenters. The molecule has 1 amide bonds. The van der Waals surface area contributed by atoms with Gasteiger partial charge in [0.2, 0.25) is 5.91 Å². The lowest BCUT2D eigenvalue weighted by atomic mass is 9.93. The van der Waals surface area contributed by atoms with Crippen molar-refractivity contribution in [2.45, 2.75) is 31.6 Å². The van der Waals surface area contributed by atoms with Crippen LogP contribution in [0.3, 0.4) is 0 Å². The molecular formula is C14H14FNO. The minimum Gasteiger partial charge on any atom is -0.332 e. The lowest BCUT2D eigenvalue weighted by Crippen LogP contribution is -2.08. The molecule has 3 heteroatoms. The first-order chi connectivity index (χ1) is 8.22. The fourth-order valence-electron chi connectivity index (χ4n) is 2.82. The molecule has 0 saturated carbocycles. The number of hydrogen-bond acceptors (Lipinski definition) is 1. The summed E-state index contributed by atoms with van der Waals surface area (Å²) in [6.07, 6.45) is 5.27. The lowest BCUT2D eigenvalue weighted by Gasteiger charge is -2.11. The highest BCUT2D eigenvalue weighted by atomic mass is 19.1. The van der Waals surface area contributed by atoms with E-state index in [1.54, 1.807) is 6.07 Å². The molecule has 1 aliphatic heterocycles. The second-order valence-corrected chi connectivity index (χ2v) is 4.83. The number of fused-ring (bicyclic) bond motifs is 1. The Morgan fingerprint density at radius 2 is 2.29 bits per heavy atom. The maximum absolute atomic E-state index is 13.1. The van der Waals surface area contributed by atoms with Crippen molar-refractivity contribution in [1.82, 2.24) is 5.32 Å². The molecule has 3 rings (SSSR count). The maximum Gasteiger partial charge on any atom is 0.228 e. The Balaban J connectivity index is 1.78. The van der Waals surface area contributed by atoms with E-state index >= 15 is 0 Å². The van der Waals surface area contributed by atoms with Gasteiger partial charge < -0.3 is 5.32 Å². The summed E-state index contributed by atoms with van der Waals surface area (Å²) < 4.78 is 13.1. The molecule has 0 fully saturated rings. The summed E-state index contributed by atoms with van der Waals surface area (Å²) in [7, 11) is 0. The van der Waals surface area contributed by atoms with Crippen molar-refractivity contribution in [2.75, 3.05) is 0 Å². The third-order valence-corrected chi connectivity index (χ3v) is 3.64. The Kier molecular flexibility index (Phi) is 2.46. The van der Waals surface area contributed by atoms with Crippen LogP contribution in [0.15, 0.2) is 30.0 Å². The highest BCUT2D eigenvalue weighted by Crippen LogP contribution is 2.38. The molecule has 1 N–H and O–H groups in total. The fraction of sp³-hybridized carbons (Fsp3) is 0.357. The molecule has 1 heterocycles. The van der Waals surface area contributed by atoms with E-state index in [0.717, 1.165) is 30.4 Å². The summed E-state index contributed by atoms with van der Waals surface area (Å²) in [5.74, 6) is 0.378. The largest absolute Gasteiger partial charge is 0.332 e. The first-order valence-electron chi connectivity index (χ1n) is 5.98. The number of amides is 1. The van der Waals surface area contributed by atoms with E-state index in [0.29, 0.717) is 12.3 Å². The topological polar surface area (TPSA) is 29.1 Å². The van der Waals surface area contributed by atoms with Gasteiger partial charge in [0.1, 0.15) is 5.82 Å². The van der Waals surface area contributed by atoms with Gasteiger partial charge in [0.15, 0.2) is 0 Å². The summed E-state index contributed by atoms with van der Waals surface area (Å²) in [6, 6.07) is 5.07. The van der Waals surface area contributed by atoms with Crippen molar-refractivity contribution in [3.8, 4) is 0 Å². The van der Waals surface area contributed by atoms with Gasteiger partial charge in [0.25, 0.3) is 0 Å². The summed E-state index contributed by atoms with van der Waals surface area (Å²) in [5, 5.41) is 2.72. The number of aryl methyl sites for hydroxylation is 1. The minimum atomic E-state index is -0.152. The number of nitrogens with one attached hydrogen (secondary N) is 1. The second-order valence-electron chi connectivity index (χ2n) is 4.83. The predicted octanol–water partition coefficient (Wildman–Crippen LogP) is 2.65. The first kappa shape index (κ1) is 10.5. The van der Waals surface area contributed by atoms with Gasteiger partial charge >= 0.3 is 0 Å². The van der Waals surface area contributed by atoms with Crippen LogP contribution in [0.4, 0.5) is 4.39 Å². The highest BCUT2D eigenvalue weighted by Gasteiger charge is 2.25. The normalized spacial score (nSPS) is 22.3. The number of halogens is 1. The van der Waals surface area contributed by atoms with Crippen LogP contribution in [0.1, 0.15) is 36.3 Å².